The van der Waals surface area contributed by atoms with Crippen LogP contribution in [0.1, 0.15) is 30.1 Å². The molecule has 0 bridgehead atoms. The van der Waals surface area contributed by atoms with Gasteiger partial charge in [0.05, 0.1) is 18.4 Å². The summed E-state index contributed by atoms with van der Waals surface area (Å²) in [5, 5.41) is 0. The van der Waals surface area contributed by atoms with Gasteiger partial charge in [-0.05, 0) is 18.6 Å². The number of hydrogen-bond donors (Lipinski definition) is 0. The fourth-order valence-electron chi connectivity index (χ4n) is 1.94. The monoisotopic (exact) mass is 233 g/mol. The van der Waals surface area contributed by atoms with E-state index in [0.717, 1.165) is 12.8 Å². The van der Waals surface area contributed by atoms with E-state index in [-0.39, 0.29) is 0 Å². The van der Waals surface area contributed by atoms with Crippen LogP contribution in [0.15, 0.2) is 18.2 Å². The fraction of sp³-hybridized carbons (Fsp3) is 0.385. The summed E-state index contributed by atoms with van der Waals surface area (Å²) in [6, 6.07) is 5.10. The van der Waals surface area contributed by atoms with E-state index in [1.54, 1.807) is 30.2 Å². The van der Waals surface area contributed by atoms with Gasteiger partial charge in [0, 0.05) is 12.6 Å². The second-order valence-electron chi connectivity index (χ2n) is 4.02. The second-order valence-corrected chi connectivity index (χ2v) is 4.02. The van der Waals surface area contributed by atoms with Crippen LogP contribution < -0.4 is 9.64 Å². The highest BCUT2D eigenvalue weighted by Crippen LogP contribution is 2.32. The van der Waals surface area contributed by atoms with Gasteiger partial charge in [-0.15, -0.1) is 0 Å². The summed E-state index contributed by atoms with van der Waals surface area (Å²) in [5.74, 6) is -0.187. The van der Waals surface area contributed by atoms with Crippen LogP contribution >= 0.6 is 0 Å². The first kappa shape index (κ1) is 11.6. The van der Waals surface area contributed by atoms with Gasteiger partial charge in [-0.3, -0.25) is 9.59 Å². The van der Waals surface area contributed by atoms with Crippen molar-refractivity contribution in [3.8, 4) is 5.75 Å². The van der Waals surface area contributed by atoms with Crippen molar-refractivity contribution in [2.24, 2.45) is 0 Å². The van der Waals surface area contributed by atoms with E-state index >= 15 is 0 Å². The van der Waals surface area contributed by atoms with E-state index in [4.69, 9.17) is 4.74 Å². The first-order chi connectivity index (χ1) is 8.19. The maximum atomic E-state index is 11.8. The lowest BCUT2D eigenvalue weighted by Gasteiger charge is -2.16. The van der Waals surface area contributed by atoms with Crippen LogP contribution in [0, 0.1) is 0 Å². The summed E-state index contributed by atoms with van der Waals surface area (Å²) in [7, 11) is 1.57. The number of carbonyl (C=O) groups excluding carboxylic acids is 2. The van der Waals surface area contributed by atoms with Gasteiger partial charge < -0.3 is 9.64 Å². The van der Waals surface area contributed by atoms with Crippen LogP contribution in [0.3, 0.4) is 0 Å². The van der Waals surface area contributed by atoms with Crippen molar-refractivity contribution in [1.82, 2.24) is 0 Å². The molecule has 0 aliphatic carbocycles. The highest BCUT2D eigenvalue weighted by Gasteiger charge is 2.35. The zero-order valence-corrected chi connectivity index (χ0v) is 10.0. The molecule has 1 amide bonds. The van der Waals surface area contributed by atoms with E-state index in [1.807, 2.05) is 0 Å². The van der Waals surface area contributed by atoms with Crippen molar-refractivity contribution < 1.29 is 14.3 Å². The van der Waals surface area contributed by atoms with Crippen molar-refractivity contribution >= 4 is 17.4 Å². The van der Waals surface area contributed by atoms with Gasteiger partial charge in [0.1, 0.15) is 5.75 Å². The average molecular weight is 233 g/mol. The third-order valence-electron chi connectivity index (χ3n) is 2.91. The van der Waals surface area contributed by atoms with Crippen LogP contribution in [0.25, 0.3) is 0 Å². The Kier molecular flexibility index (Phi) is 3.13. The molecule has 0 fully saturated rings. The second kappa shape index (κ2) is 4.57. The lowest BCUT2D eigenvalue weighted by atomic mass is 10.1. The van der Waals surface area contributed by atoms with Crippen molar-refractivity contribution in [2.45, 2.75) is 19.8 Å². The molecule has 4 heteroatoms. The molecular formula is C13H15NO3. The SMILES string of the molecule is CCCCN1C(=O)C(=O)c2ccc(OC)cc21. The number of unbranched alkanes of at least 4 members (excludes halogenated alkanes) is 1. The maximum Gasteiger partial charge on any atom is 0.299 e. The molecule has 0 saturated carbocycles. The molecule has 0 unspecified atom stereocenters. The first-order valence-electron chi connectivity index (χ1n) is 5.73. The van der Waals surface area contributed by atoms with Crippen molar-refractivity contribution in [2.75, 3.05) is 18.6 Å². The molecule has 90 valence electrons. The van der Waals surface area contributed by atoms with E-state index in [2.05, 4.69) is 6.92 Å². The third-order valence-corrected chi connectivity index (χ3v) is 2.91. The van der Waals surface area contributed by atoms with Gasteiger partial charge in [-0.25, -0.2) is 0 Å². The summed E-state index contributed by atoms with van der Waals surface area (Å²) in [5.41, 5.74) is 1.15. The number of hydrogen-bond acceptors (Lipinski definition) is 3. The van der Waals surface area contributed by atoms with E-state index in [9.17, 15) is 9.59 Å². The Balaban J connectivity index is 2.38. The van der Waals surface area contributed by atoms with Gasteiger partial charge in [0.15, 0.2) is 0 Å². The summed E-state index contributed by atoms with van der Waals surface area (Å²) in [6.45, 7) is 2.64. The number of carbonyl (C=O) groups is 2. The molecule has 1 aliphatic rings. The van der Waals surface area contributed by atoms with Crippen molar-refractivity contribution in [3.05, 3.63) is 23.8 Å². The highest BCUT2D eigenvalue weighted by molar-refractivity contribution is 6.52. The number of fused-ring (bicyclic) bond motifs is 1. The van der Waals surface area contributed by atoms with Gasteiger partial charge in [0.2, 0.25) is 0 Å². The molecule has 17 heavy (non-hydrogen) atoms. The normalized spacial score (nSPS) is 14.1. The molecule has 1 aromatic rings. The van der Waals surface area contributed by atoms with Crippen LogP contribution in [0.5, 0.6) is 5.75 Å². The Bertz CT molecular complexity index is 468. The molecule has 0 radical (unpaired) electrons. The molecule has 0 spiro atoms. The number of rotatable bonds is 4. The number of nitrogens with zero attached hydrogens (tertiary/aromatic N) is 1. The van der Waals surface area contributed by atoms with E-state index in [0.29, 0.717) is 23.5 Å². The smallest absolute Gasteiger partial charge is 0.299 e. The van der Waals surface area contributed by atoms with Gasteiger partial charge in [0.25, 0.3) is 11.7 Å². The zero-order chi connectivity index (χ0) is 12.4. The number of anilines is 1. The van der Waals surface area contributed by atoms with Crippen LogP contribution in [0.4, 0.5) is 5.69 Å². The standard InChI is InChI=1S/C13H15NO3/c1-3-4-7-14-11-8-9(17-2)5-6-10(11)12(15)13(14)16/h5-6,8H,3-4,7H2,1-2H3. The van der Waals surface area contributed by atoms with Gasteiger partial charge >= 0.3 is 0 Å². The lowest BCUT2D eigenvalue weighted by Crippen LogP contribution is -2.30. The number of ketones is 1. The quantitative estimate of drug-likeness (QED) is 0.747. The van der Waals surface area contributed by atoms with Gasteiger partial charge in [-0.1, -0.05) is 13.3 Å². The molecular weight excluding hydrogens is 218 g/mol. The summed E-state index contributed by atoms with van der Waals surface area (Å²) < 4.78 is 5.11. The Morgan fingerprint density at radius 1 is 1.29 bits per heavy atom. The van der Waals surface area contributed by atoms with Gasteiger partial charge in [-0.2, -0.15) is 0 Å². The Morgan fingerprint density at radius 3 is 2.71 bits per heavy atom. The van der Waals surface area contributed by atoms with Crippen LogP contribution in [0.2, 0.25) is 0 Å². The summed E-state index contributed by atoms with van der Waals surface area (Å²) >= 11 is 0. The minimum atomic E-state index is -0.429. The number of ether oxygens (including phenoxy) is 1. The fourth-order valence-corrected chi connectivity index (χ4v) is 1.94. The largest absolute Gasteiger partial charge is 0.497 e. The summed E-state index contributed by atoms with van der Waals surface area (Å²) in [4.78, 5) is 25.1. The molecule has 1 heterocycles. The molecule has 0 atom stereocenters. The summed E-state index contributed by atoms with van der Waals surface area (Å²) in [6.07, 6.45) is 1.87. The first-order valence-corrected chi connectivity index (χ1v) is 5.73. The topological polar surface area (TPSA) is 46.6 Å². The molecule has 4 nitrogen and oxygen atoms in total. The molecule has 2 rings (SSSR count). The zero-order valence-electron chi connectivity index (χ0n) is 10.0. The predicted molar refractivity (Wildman–Crippen MR) is 64.6 cm³/mol. The Hall–Kier alpha value is -1.84. The molecule has 0 aromatic heterocycles. The number of amides is 1. The van der Waals surface area contributed by atoms with Crippen LogP contribution in [-0.2, 0) is 4.79 Å². The molecule has 0 saturated heterocycles. The van der Waals surface area contributed by atoms with E-state index < -0.39 is 11.7 Å². The Morgan fingerprint density at radius 2 is 2.06 bits per heavy atom. The maximum absolute atomic E-state index is 11.8. The Labute approximate surface area is 100 Å². The average Bonchev–Trinajstić information content (AvgIpc) is 2.59. The number of benzene rings is 1. The molecule has 1 aromatic carbocycles. The number of methoxy groups -OCH3 is 1. The van der Waals surface area contributed by atoms with Crippen molar-refractivity contribution in [3.63, 3.8) is 0 Å². The highest BCUT2D eigenvalue weighted by atomic mass is 16.5. The number of Topliss-reactive ketones (excluding diaryl/α,β-unsaturated/α-hetero) is 1. The minimum absolute atomic E-state index is 0.418. The lowest BCUT2D eigenvalue weighted by molar-refractivity contribution is -0.114. The minimum Gasteiger partial charge on any atom is -0.497 e. The predicted octanol–water partition coefficient (Wildman–Crippen LogP) is 2.02. The molecule has 0 N–H and O–H groups in total. The van der Waals surface area contributed by atoms with Crippen LogP contribution in [-0.4, -0.2) is 25.3 Å². The van der Waals surface area contributed by atoms with Crippen molar-refractivity contribution in [1.29, 1.82) is 0 Å². The van der Waals surface area contributed by atoms with E-state index in [1.165, 1.54) is 0 Å². The molecule has 1 aliphatic heterocycles. The third kappa shape index (κ3) is 1.90.